The van der Waals surface area contributed by atoms with Gasteiger partial charge in [-0.25, -0.2) is 4.98 Å². The average Bonchev–Trinajstić information content (AvgIpc) is 2.35. The quantitative estimate of drug-likeness (QED) is 0.648. The highest BCUT2D eigenvalue weighted by Gasteiger charge is 2.03. The Hall–Kier alpha value is -1.10. The second-order valence-corrected chi connectivity index (χ2v) is 2.88. The van der Waals surface area contributed by atoms with Gasteiger partial charge in [-0.15, -0.1) is 0 Å². The van der Waals surface area contributed by atoms with E-state index in [4.69, 9.17) is 5.73 Å². The first kappa shape index (κ1) is 6.60. The second-order valence-electron chi connectivity index (χ2n) is 2.13. The van der Waals surface area contributed by atoms with Crippen LogP contribution in [0.1, 0.15) is 0 Å². The highest BCUT2D eigenvalue weighted by Crippen LogP contribution is 2.22. The van der Waals surface area contributed by atoms with Crippen molar-refractivity contribution in [3.63, 3.8) is 0 Å². The largest absolute Gasteiger partial charge is 0.382 e. The lowest BCUT2D eigenvalue weighted by atomic mass is 10.3. The summed E-state index contributed by atoms with van der Waals surface area (Å²) >= 11 is 3.27. The van der Waals surface area contributed by atoms with E-state index in [-0.39, 0.29) is 0 Å². The number of nitrogens with one attached hydrogen (secondary N) is 1. The molecule has 0 aliphatic carbocycles. The topological polar surface area (TPSA) is 67.6 Å². The first-order valence-electron chi connectivity index (χ1n) is 3.03. The van der Waals surface area contributed by atoms with Crippen LogP contribution in [-0.2, 0) is 0 Å². The molecule has 2 heterocycles. The zero-order chi connectivity index (χ0) is 7.84. The number of H-pyrrole nitrogens is 1. The van der Waals surface area contributed by atoms with Crippen molar-refractivity contribution >= 4 is 32.7 Å². The van der Waals surface area contributed by atoms with E-state index in [1.807, 2.05) is 6.07 Å². The van der Waals surface area contributed by atoms with Crippen LogP contribution in [0.5, 0.6) is 0 Å². The number of nitrogens with zero attached hydrogens (tertiary/aromatic N) is 2. The minimum Gasteiger partial charge on any atom is -0.382 e. The maximum atomic E-state index is 5.55. The van der Waals surface area contributed by atoms with Gasteiger partial charge in [0, 0.05) is 11.6 Å². The SMILES string of the molecule is Nc1n[nH]c2c(Br)nccc12. The normalized spacial score (nSPS) is 10.6. The summed E-state index contributed by atoms with van der Waals surface area (Å²) < 4.78 is 0.735. The molecule has 0 aliphatic rings. The van der Waals surface area contributed by atoms with Gasteiger partial charge >= 0.3 is 0 Å². The van der Waals surface area contributed by atoms with Gasteiger partial charge in [-0.1, -0.05) is 0 Å². The Morgan fingerprint density at radius 3 is 3.09 bits per heavy atom. The van der Waals surface area contributed by atoms with Crippen molar-refractivity contribution < 1.29 is 0 Å². The summed E-state index contributed by atoms with van der Waals surface area (Å²) in [5, 5.41) is 7.51. The van der Waals surface area contributed by atoms with Gasteiger partial charge < -0.3 is 5.73 Å². The first-order valence-corrected chi connectivity index (χ1v) is 3.82. The van der Waals surface area contributed by atoms with Crippen molar-refractivity contribution in [2.24, 2.45) is 0 Å². The first-order chi connectivity index (χ1) is 5.29. The standard InChI is InChI=1S/C6H5BrN4/c7-5-4-3(1-2-9-5)6(8)11-10-4/h1-2H,(H3,8,10,11). The van der Waals surface area contributed by atoms with E-state index in [2.05, 4.69) is 31.1 Å². The summed E-state index contributed by atoms with van der Waals surface area (Å²) in [6.45, 7) is 0. The molecule has 56 valence electrons. The number of aromatic amines is 1. The van der Waals surface area contributed by atoms with Gasteiger partial charge in [-0.2, -0.15) is 5.10 Å². The number of fused-ring (bicyclic) bond motifs is 1. The van der Waals surface area contributed by atoms with Gasteiger partial charge in [-0.05, 0) is 22.0 Å². The van der Waals surface area contributed by atoms with Gasteiger partial charge in [0.2, 0.25) is 0 Å². The number of rotatable bonds is 0. The fourth-order valence-corrected chi connectivity index (χ4v) is 1.35. The molecule has 11 heavy (non-hydrogen) atoms. The van der Waals surface area contributed by atoms with Crippen LogP contribution in [0.15, 0.2) is 16.9 Å². The van der Waals surface area contributed by atoms with Gasteiger partial charge in [0.1, 0.15) is 10.1 Å². The minimum atomic E-state index is 0.503. The maximum absolute atomic E-state index is 5.55. The van der Waals surface area contributed by atoms with Crippen molar-refractivity contribution in [1.29, 1.82) is 0 Å². The fourth-order valence-electron chi connectivity index (χ4n) is 0.932. The molecule has 2 aromatic rings. The molecule has 0 amide bonds. The molecule has 0 aromatic carbocycles. The van der Waals surface area contributed by atoms with Crippen molar-refractivity contribution in [3.05, 3.63) is 16.9 Å². The predicted octanol–water partition coefficient (Wildman–Crippen LogP) is 1.30. The number of nitrogens with two attached hydrogens (primary N) is 1. The molecule has 0 saturated carbocycles. The molecular formula is C6H5BrN4. The van der Waals surface area contributed by atoms with E-state index in [0.717, 1.165) is 15.5 Å². The number of nitrogen functional groups attached to an aromatic ring is 1. The van der Waals surface area contributed by atoms with Gasteiger partial charge in [-0.3, -0.25) is 5.10 Å². The highest BCUT2D eigenvalue weighted by atomic mass is 79.9. The van der Waals surface area contributed by atoms with Gasteiger partial charge in [0.25, 0.3) is 0 Å². The second kappa shape index (κ2) is 2.20. The molecule has 2 aromatic heterocycles. The monoisotopic (exact) mass is 212 g/mol. The molecule has 3 N–H and O–H groups in total. The van der Waals surface area contributed by atoms with Crippen LogP contribution in [0, 0.1) is 0 Å². The number of hydrogen-bond donors (Lipinski definition) is 2. The molecule has 0 fully saturated rings. The van der Waals surface area contributed by atoms with Crippen LogP contribution < -0.4 is 5.73 Å². The summed E-state index contributed by atoms with van der Waals surface area (Å²) in [7, 11) is 0. The lowest BCUT2D eigenvalue weighted by Crippen LogP contribution is -1.83. The Kier molecular flexibility index (Phi) is 1.32. The Bertz CT molecular complexity index is 394. The third-order valence-electron chi connectivity index (χ3n) is 1.47. The number of anilines is 1. The van der Waals surface area contributed by atoms with Gasteiger partial charge in [0.05, 0.1) is 0 Å². The van der Waals surface area contributed by atoms with E-state index in [9.17, 15) is 0 Å². The van der Waals surface area contributed by atoms with E-state index >= 15 is 0 Å². The summed E-state index contributed by atoms with van der Waals surface area (Å²) in [6, 6.07) is 1.82. The molecule has 0 radical (unpaired) electrons. The Morgan fingerprint density at radius 2 is 2.36 bits per heavy atom. The summed E-state index contributed by atoms with van der Waals surface area (Å²) in [5.41, 5.74) is 6.39. The lowest BCUT2D eigenvalue weighted by molar-refractivity contribution is 1.12. The number of halogens is 1. The van der Waals surface area contributed by atoms with Crippen LogP contribution in [0.25, 0.3) is 10.9 Å². The molecule has 0 unspecified atom stereocenters. The van der Waals surface area contributed by atoms with Crippen LogP contribution in [0.4, 0.5) is 5.82 Å². The van der Waals surface area contributed by atoms with E-state index in [0.29, 0.717) is 5.82 Å². The average molecular weight is 213 g/mol. The summed E-state index contributed by atoms with van der Waals surface area (Å²) in [6.07, 6.45) is 1.68. The number of pyridine rings is 1. The summed E-state index contributed by atoms with van der Waals surface area (Å²) in [4.78, 5) is 4.01. The third kappa shape index (κ3) is 0.883. The molecule has 0 aliphatic heterocycles. The zero-order valence-corrected chi connectivity index (χ0v) is 7.09. The Morgan fingerprint density at radius 1 is 1.55 bits per heavy atom. The molecule has 0 spiro atoms. The third-order valence-corrected chi connectivity index (χ3v) is 2.07. The van der Waals surface area contributed by atoms with E-state index in [1.165, 1.54) is 0 Å². The molecule has 2 rings (SSSR count). The predicted molar refractivity (Wildman–Crippen MR) is 46.0 cm³/mol. The highest BCUT2D eigenvalue weighted by molar-refractivity contribution is 9.10. The minimum absolute atomic E-state index is 0.503. The molecule has 0 saturated heterocycles. The van der Waals surface area contributed by atoms with E-state index in [1.54, 1.807) is 6.20 Å². The van der Waals surface area contributed by atoms with Crippen LogP contribution in [0.3, 0.4) is 0 Å². The number of hydrogen-bond acceptors (Lipinski definition) is 3. The Labute approximate surface area is 70.9 Å². The van der Waals surface area contributed by atoms with Crippen molar-refractivity contribution in [2.75, 3.05) is 5.73 Å². The molecule has 4 nitrogen and oxygen atoms in total. The lowest BCUT2D eigenvalue weighted by Gasteiger charge is -1.89. The van der Waals surface area contributed by atoms with Crippen molar-refractivity contribution in [3.8, 4) is 0 Å². The Balaban J connectivity index is 2.94. The molecule has 0 atom stereocenters. The fraction of sp³-hybridized carbons (Fsp3) is 0. The van der Waals surface area contributed by atoms with E-state index < -0.39 is 0 Å². The summed E-state index contributed by atoms with van der Waals surface area (Å²) in [5.74, 6) is 0.503. The molecule has 0 bridgehead atoms. The van der Waals surface area contributed by atoms with Crippen molar-refractivity contribution in [1.82, 2.24) is 15.2 Å². The zero-order valence-electron chi connectivity index (χ0n) is 5.50. The molecular weight excluding hydrogens is 208 g/mol. The number of aromatic nitrogens is 3. The van der Waals surface area contributed by atoms with Crippen LogP contribution in [-0.4, -0.2) is 15.2 Å². The van der Waals surface area contributed by atoms with Crippen LogP contribution >= 0.6 is 15.9 Å². The van der Waals surface area contributed by atoms with Gasteiger partial charge in [0.15, 0.2) is 5.82 Å². The maximum Gasteiger partial charge on any atom is 0.153 e. The smallest absolute Gasteiger partial charge is 0.153 e. The van der Waals surface area contributed by atoms with Crippen LogP contribution in [0.2, 0.25) is 0 Å². The van der Waals surface area contributed by atoms with Crippen molar-refractivity contribution in [2.45, 2.75) is 0 Å². The molecule has 5 heteroatoms.